The second-order valence-corrected chi connectivity index (χ2v) is 4.36. The highest BCUT2D eigenvalue weighted by Crippen LogP contribution is 2.32. The molecule has 0 aliphatic heterocycles. The molecule has 0 fully saturated rings. The molecule has 1 heterocycles. The molecule has 0 spiro atoms. The van der Waals surface area contributed by atoms with E-state index in [1.807, 2.05) is 0 Å². The maximum absolute atomic E-state index is 12.1. The molecule has 0 saturated heterocycles. The van der Waals surface area contributed by atoms with Crippen molar-refractivity contribution in [3.63, 3.8) is 0 Å². The molecule has 1 aromatic heterocycles. The van der Waals surface area contributed by atoms with Crippen LogP contribution in [0.3, 0.4) is 0 Å². The topological polar surface area (TPSA) is 22.1 Å². The number of rotatable bonds is 2. The summed E-state index contributed by atoms with van der Waals surface area (Å²) in [6, 6.07) is 6.94. The Morgan fingerprint density at radius 3 is 2.53 bits per heavy atom. The summed E-state index contributed by atoms with van der Waals surface area (Å²) >= 11 is 11.7. The van der Waals surface area contributed by atoms with Gasteiger partial charge in [-0.05, 0) is 23.8 Å². The lowest BCUT2D eigenvalue weighted by atomic mass is 10.1. The third-order valence-electron chi connectivity index (χ3n) is 2.18. The van der Waals surface area contributed by atoms with Gasteiger partial charge in [0, 0.05) is 11.8 Å². The van der Waals surface area contributed by atoms with Gasteiger partial charge in [-0.3, -0.25) is 0 Å². The van der Waals surface area contributed by atoms with E-state index >= 15 is 0 Å². The molecular weight excluding hydrogens is 302 g/mol. The fourth-order valence-electron chi connectivity index (χ4n) is 1.49. The molecule has 1 aromatic carbocycles. The van der Waals surface area contributed by atoms with Crippen LogP contribution in [0.1, 0.15) is 0 Å². The van der Waals surface area contributed by atoms with Gasteiger partial charge in [0.1, 0.15) is 10.9 Å². The normalized spacial score (nSPS) is 11.4. The predicted molar refractivity (Wildman–Crippen MR) is 66.4 cm³/mol. The summed E-state index contributed by atoms with van der Waals surface area (Å²) in [6.45, 7) is 0. The van der Waals surface area contributed by atoms with Crippen LogP contribution < -0.4 is 4.74 Å². The molecule has 0 saturated carbocycles. The molecule has 2 rings (SSSR count). The predicted octanol–water partition coefficient (Wildman–Crippen LogP) is 4.95. The largest absolute Gasteiger partial charge is 0.573 e. The smallest absolute Gasteiger partial charge is 0.406 e. The van der Waals surface area contributed by atoms with Crippen LogP contribution in [0.25, 0.3) is 11.1 Å². The second kappa shape index (κ2) is 5.27. The van der Waals surface area contributed by atoms with Crippen LogP contribution in [-0.2, 0) is 0 Å². The Morgan fingerprint density at radius 2 is 1.84 bits per heavy atom. The SMILES string of the molecule is FC(F)(F)Oc1cccc(-c2cc(Cl)cnc2Cl)c1. The molecule has 100 valence electrons. The van der Waals surface area contributed by atoms with Crippen LogP contribution in [0.15, 0.2) is 36.5 Å². The average Bonchev–Trinajstić information content (AvgIpc) is 2.30. The minimum Gasteiger partial charge on any atom is -0.406 e. The van der Waals surface area contributed by atoms with Gasteiger partial charge in [-0.2, -0.15) is 0 Å². The van der Waals surface area contributed by atoms with Crippen molar-refractivity contribution >= 4 is 23.2 Å². The number of aromatic nitrogens is 1. The van der Waals surface area contributed by atoms with Gasteiger partial charge in [0.05, 0.1) is 5.02 Å². The molecule has 2 aromatic rings. The lowest BCUT2D eigenvalue weighted by Gasteiger charge is -2.10. The van der Waals surface area contributed by atoms with Crippen molar-refractivity contribution in [1.82, 2.24) is 4.98 Å². The maximum atomic E-state index is 12.1. The molecule has 0 atom stereocenters. The first-order chi connectivity index (χ1) is 8.85. The van der Waals surface area contributed by atoms with Crippen molar-refractivity contribution in [3.05, 3.63) is 46.7 Å². The first-order valence-electron chi connectivity index (χ1n) is 5.02. The standard InChI is InChI=1S/C12H6Cl2F3NO/c13-8-5-10(11(14)18-6-8)7-2-1-3-9(4-7)19-12(15,16)17/h1-6H. The number of alkyl halides is 3. The van der Waals surface area contributed by atoms with Gasteiger partial charge in [-0.15, -0.1) is 13.2 Å². The van der Waals surface area contributed by atoms with Gasteiger partial charge in [0.15, 0.2) is 0 Å². The van der Waals surface area contributed by atoms with Crippen LogP contribution >= 0.6 is 23.2 Å². The molecule has 19 heavy (non-hydrogen) atoms. The van der Waals surface area contributed by atoms with E-state index < -0.39 is 6.36 Å². The number of hydrogen-bond acceptors (Lipinski definition) is 2. The van der Waals surface area contributed by atoms with E-state index in [1.54, 1.807) is 6.07 Å². The Morgan fingerprint density at radius 1 is 1.11 bits per heavy atom. The Bertz CT molecular complexity index is 602. The van der Waals surface area contributed by atoms with Gasteiger partial charge >= 0.3 is 6.36 Å². The zero-order valence-electron chi connectivity index (χ0n) is 9.21. The monoisotopic (exact) mass is 307 g/mol. The highest BCUT2D eigenvalue weighted by atomic mass is 35.5. The summed E-state index contributed by atoms with van der Waals surface area (Å²) in [5.41, 5.74) is 0.864. The van der Waals surface area contributed by atoms with E-state index in [0.717, 1.165) is 0 Å². The molecule has 0 unspecified atom stereocenters. The van der Waals surface area contributed by atoms with E-state index in [4.69, 9.17) is 23.2 Å². The first-order valence-corrected chi connectivity index (χ1v) is 5.78. The van der Waals surface area contributed by atoms with Crippen LogP contribution in [0.5, 0.6) is 5.75 Å². The maximum Gasteiger partial charge on any atom is 0.573 e. The van der Waals surface area contributed by atoms with Crippen molar-refractivity contribution < 1.29 is 17.9 Å². The Labute approximate surface area is 116 Å². The lowest BCUT2D eigenvalue weighted by molar-refractivity contribution is -0.274. The minimum absolute atomic E-state index is 0.147. The van der Waals surface area contributed by atoms with Crippen molar-refractivity contribution in [2.75, 3.05) is 0 Å². The molecule has 0 aliphatic rings. The number of nitrogens with zero attached hydrogens (tertiary/aromatic N) is 1. The van der Waals surface area contributed by atoms with Crippen LogP contribution in [0.2, 0.25) is 10.2 Å². The first kappa shape index (κ1) is 14.0. The number of benzene rings is 1. The van der Waals surface area contributed by atoms with Crippen LogP contribution in [0.4, 0.5) is 13.2 Å². The molecular formula is C12H6Cl2F3NO. The Kier molecular flexibility index (Phi) is 3.87. The van der Waals surface area contributed by atoms with Crippen molar-refractivity contribution in [1.29, 1.82) is 0 Å². The minimum atomic E-state index is -4.74. The second-order valence-electron chi connectivity index (χ2n) is 3.57. The van der Waals surface area contributed by atoms with Gasteiger partial charge in [-0.25, -0.2) is 4.98 Å². The van der Waals surface area contributed by atoms with E-state index in [9.17, 15) is 13.2 Å². The highest BCUT2D eigenvalue weighted by molar-refractivity contribution is 6.34. The van der Waals surface area contributed by atoms with Crippen molar-refractivity contribution in [2.24, 2.45) is 0 Å². The average molecular weight is 308 g/mol. The molecule has 0 bridgehead atoms. The highest BCUT2D eigenvalue weighted by Gasteiger charge is 2.31. The summed E-state index contributed by atoms with van der Waals surface area (Å²) in [7, 11) is 0. The molecule has 0 aliphatic carbocycles. The zero-order valence-corrected chi connectivity index (χ0v) is 10.7. The summed E-state index contributed by atoms with van der Waals surface area (Å²) in [6.07, 6.45) is -3.39. The van der Waals surface area contributed by atoms with E-state index in [1.165, 1.54) is 30.5 Å². The van der Waals surface area contributed by atoms with E-state index in [-0.39, 0.29) is 10.9 Å². The van der Waals surface area contributed by atoms with E-state index in [0.29, 0.717) is 16.1 Å². The van der Waals surface area contributed by atoms with Crippen LogP contribution in [0, 0.1) is 0 Å². The molecule has 7 heteroatoms. The number of halogens is 5. The Balaban J connectivity index is 2.40. The molecule has 0 radical (unpaired) electrons. The van der Waals surface area contributed by atoms with Gasteiger partial charge in [0.25, 0.3) is 0 Å². The number of hydrogen-bond donors (Lipinski definition) is 0. The fourth-order valence-corrected chi connectivity index (χ4v) is 1.86. The molecule has 0 N–H and O–H groups in total. The van der Waals surface area contributed by atoms with Crippen molar-refractivity contribution in [3.8, 4) is 16.9 Å². The summed E-state index contributed by atoms with van der Waals surface area (Å²) in [4.78, 5) is 3.83. The van der Waals surface area contributed by atoms with Gasteiger partial charge in [-0.1, -0.05) is 35.3 Å². The van der Waals surface area contributed by atoms with Gasteiger partial charge in [0.2, 0.25) is 0 Å². The van der Waals surface area contributed by atoms with Crippen molar-refractivity contribution in [2.45, 2.75) is 6.36 Å². The molecule has 2 nitrogen and oxygen atoms in total. The fraction of sp³-hybridized carbons (Fsp3) is 0.0833. The third kappa shape index (κ3) is 3.75. The third-order valence-corrected chi connectivity index (χ3v) is 2.69. The van der Waals surface area contributed by atoms with E-state index in [2.05, 4.69) is 9.72 Å². The zero-order chi connectivity index (χ0) is 14.0. The summed E-state index contributed by atoms with van der Waals surface area (Å²) in [5.74, 6) is -0.332. The number of pyridine rings is 1. The lowest BCUT2D eigenvalue weighted by Crippen LogP contribution is -2.17. The summed E-state index contributed by atoms with van der Waals surface area (Å²) in [5, 5.41) is 0.482. The summed E-state index contributed by atoms with van der Waals surface area (Å²) < 4.78 is 40.2. The molecule has 0 amide bonds. The quantitative estimate of drug-likeness (QED) is 0.732. The Hall–Kier alpha value is -1.46. The number of ether oxygens (including phenoxy) is 1. The van der Waals surface area contributed by atoms with Crippen LogP contribution in [-0.4, -0.2) is 11.3 Å². The van der Waals surface area contributed by atoms with Gasteiger partial charge < -0.3 is 4.74 Å².